The summed E-state index contributed by atoms with van der Waals surface area (Å²) >= 11 is 10.7. The highest BCUT2D eigenvalue weighted by atomic mass is 79.9. The van der Waals surface area contributed by atoms with E-state index in [4.69, 9.17) is 11.6 Å². The van der Waals surface area contributed by atoms with E-state index in [1.807, 2.05) is 0 Å². The van der Waals surface area contributed by atoms with Crippen LogP contribution in [-0.4, -0.2) is 10.2 Å². The smallest absolute Gasteiger partial charge is 0.147 e. The average Bonchev–Trinajstić information content (AvgIpc) is 2.81. The Morgan fingerprint density at radius 1 is 1.47 bits per heavy atom. The Balaban J connectivity index is 2.33. The molecule has 90 valence electrons. The van der Waals surface area contributed by atoms with E-state index < -0.39 is 5.82 Å². The normalized spacial score (nSPS) is 12.7. The van der Waals surface area contributed by atoms with Gasteiger partial charge in [0.25, 0.3) is 0 Å². The van der Waals surface area contributed by atoms with Gasteiger partial charge in [0.05, 0.1) is 9.85 Å². The van der Waals surface area contributed by atoms with Gasteiger partial charge in [-0.3, -0.25) is 0 Å². The Morgan fingerprint density at radius 3 is 2.88 bits per heavy atom. The lowest BCUT2D eigenvalue weighted by Crippen LogP contribution is -1.85. The summed E-state index contributed by atoms with van der Waals surface area (Å²) in [5.74, 6) is -0.424. The van der Waals surface area contributed by atoms with Crippen LogP contribution in [0.5, 0.6) is 0 Å². The number of rotatable bonds is 3. The van der Waals surface area contributed by atoms with Crippen LogP contribution < -0.4 is 0 Å². The lowest BCUT2D eigenvalue weighted by atomic mass is 10.2. The Bertz CT molecular complexity index is 532. The summed E-state index contributed by atoms with van der Waals surface area (Å²) in [4.78, 5) is 0.213. The largest absolute Gasteiger partial charge is 0.205 e. The van der Waals surface area contributed by atoms with Crippen LogP contribution >= 0.6 is 38.9 Å². The highest BCUT2D eigenvalue weighted by Crippen LogP contribution is 2.33. The molecule has 17 heavy (non-hydrogen) atoms. The minimum Gasteiger partial charge on any atom is -0.205 e. The van der Waals surface area contributed by atoms with Gasteiger partial charge in [0.15, 0.2) is 0 Å². The highest BCUT2D eigenvalue weighted by Gasteiger charge is 2.13. The van der Waals surface area contributed by atoms with Gasteiger partial charge in [0.1, 0.15) is 15.8 Å². The molecule has 0 spiro atoms. The molecule has 1 atom stereocenters. The van der Waals surface area contributed by atoms with Crippen LogP contribution in [-0.2, 0) is 0 Å². The fourth-order valence-corrected chi connectivity index (χ4v) is 2.73. The second-order valence-electron chi connectivity index (χ2n) is 3.45. The van der Waals surface area contributed by atoms with Crippen molar-refractivity contribution < 1.29 is 4.39 Å². The molecule has 0 N–H and O–H groups in total. The number of benzene rings is 1. The molecule has 0 aliphatic rings. The minimum absolute atomic E-state index is 0.102. The number of alkyl halides is 1. The molecule has 0 saturated carbocycles. The van der Waals surface area contributed by atoms with E-state index in [0.29, 0.717) is 0 Å². The molecule has 0 fully saturated rings. The van der Waals surface area contributed by atoms with Crippen molar-refractivity contribution in [3.05, 3.63) is 34.0 Å². The molecule has 1 heterocycles. The quantitative estimate of drug-likeness (QED) is 0.750. The Morgan fingerprint density at radius 2 is 2.24 bits per heavy atom. The predicted molar refractivity (Wildman–Crippen MR) is 72.3 cm³/mol. The van der Waals surface area contributed by atoms with Crippen LogP contribution in [0.15, 0.2) is 18.2 Å². The van der Waals surface area contributed by atoms with Crippen molar-refractivity contribution in [2.75, 3.05) is 0 Å². The predicted octanol–water partition coefficient (Wildman–Crippen LogP) is 4.84. The van der Waals surface area contributed by atoms with Gasteiger partial charge < -0.3 is 0 Å². The number of hydrogen-bond acceptors (Lipinski definition) is 3. The Hall–Kier alpha value is -0.520. The van der Waals surface area contributed by atoms with Gasteiger partial charge in [-0.2, -0.15) is 0 Å². The summed E-state index contributed by atoms with van der Waals surface area (Å²) in [5.41, 5.74) is 0.788. The van der Waals surface area contributed by atoms with Crippen LogP contribution in [0.2, 0.25) is 5.02 Å². The molecule has 6 heteroatoms. The molecule has 1 unspecified atom stereocenters. The van der Waals surface area contributed by atoms with Crippen molar-refractivity contribution >= 4 is 38.9 Å². The topological polar surface area (TPSA) is 25.8 Å². The molecule has 0 aliphatic carbocycles. The summed E-state index contributed by atoms with van der Waals surface area (Å²) < 4.78 is 13.0. The SMILES string of the molecule is CCC(Br)c1nnc(-c2ccc(F)c(Cl)c2)s1. The Kier molecular flexibility index (Phi) is 4.12. The van der Waals surface area contributed by atoms with E-state index in [1.54, 1.807) is 12.1 Å². The van der Waals surface area contributed by atoms with Crippen LogP contribution in [0.25, 0.3) is 10.6 Å². The van der Waals surface area contributed by atoms with Crippen molar-refractivity contribution in [1.82, 2.24) is 10.2 Å². The monoisotopic (exact) mass is 334 g/mol. The zero-order valence-electron chi connectivity index (χ0n) is 8.95. The molecule has 1 aromatic heterocycles. The van der Waals surface area contributed by atoms with Crippen molar-refractivity contribution in [3.63, 3.8) is 0 Å². The first kappa shape index (κ1) is 12.9. The first-order valence-electron chi connectivity index (χ1n) is 5.04. The summed E-state index contributed by atoms with van der Waals surface area (Å²) in [6.07, 6.45) is 0.943. The van der Waals surface area contributed by atoms with Crippen molar-refractivity contribution in [3.8, 4) is 10.6 Å². The van der Waals surface area contributed by atoms with Gasteiger partial charge in [-0.25, -0.2) is 4.39 Å². The molecule has 2 nitrogen and oxygen atoms in total. The van der Waals surface area contributed by atoms with Gasteiger partial charge in [-0.1, -0.05) is 45.8 Å². The fraction of sp³-hybridized carbons (Fsp3) is 0.273. The molecular formula is C11H9BrClFN2S. The first-order chi connectivity index (χ1) is 8.11. The van der Waals surface area contributed by atoms with E-state index in [-0.39, 0.29) is 9.85 Å². The van der Waals surface area contributed by atoms with E-state index in [9.17, 15) is 4.39 Å². The Labute approximate surface area is 116 Å². The van der Waals surface area contributed by atoms with Crippen LogP contribution in [0.1, 0.15) is 23.2 Å². The lowest BCUT2D eigenvalue weighted by molar-refractivity contribution is 0.628. The lowest BCUT2D eigenvalue weighted by Gasteiger charge is -1.99. The maximum Gasteiger partial charge on any atom is 0.147 e. The van der Waals surface area contributed by atoms with E-state index >= 15 is 0 Å². The average molecular weight is 336 g/mol. The molecule has 2 rings (SSSR count). The molecule has 0 saturated heterocycles. The second kappa shape index (κ2) is 5.42. The number of hydrogen-bond donors (Lipinski definition) is 0. The van der Waals surface area contributed by atoms with Crippen LogP contribution in [0, 0.1) is 5.82 Å². The third-order valence-corrected chi connectivity index (χ3v) is 4.99. The van der Waals surface area contributed by atoms with Crippen molar-refractivity contribution in [1.29, 1.82) is 0 Å². The van der Waals surface area contributed by atoms with Crippen molar-refractivity contribution in [2.45, 2.75) is 18.2 Å². The highest BCUT2D eigenvalue weighted by molar-refractivity contribution is 9.09. The van der Waals surface area contributed by atoms with Crippen LogP contribution in [0.4, 0.5) is 4.39 Å². The molecule has 0 amide bonds. The maximum atomic E-state index is 13.0. The third kappa shape index (κ3) is 2.84. The minimum atomic E-state index is -0.424. The molecule has 0 bridgehead atoms. The number of aromatic nitrogens is 2. The molecule has 2 aromatic rings. The molecule has 0 aliphatic heterocycles. The van der Waals surface area contributed by atoms with Crippen molar-refractivity contribution in [2.24, 2.45) is 0 Å². The maximum absolute atomic E-state index is 13.0. The molecule has 1 aromatic carbocycles. The van der Waals surface area contributed by atoms with Gasteiger partial charge in [-0.15, -0.1) is 10.2 Å². The fourth-order valence-electron chi connectivity index (χ4n) is 1.28. The van der Waals surface area contributed by atoms with E-state index in [0.717, 1.165) is 22.0 Å². The zero-order valence-corrected chi connectivity index (χ0v) is 12.1. The standard InChI is InChI=1S/C11H9BrClFN2S/c1-2-7(12)11-16-15-10(17-11)6-3-4-9(14)8(13)5-6/h3-5,7H,2H2,1H3. The summed E-state index contributed by atoms with van der Waals surface area (Å²) in [6.45, 7) is 2.06. The van der Waals surface area contributed by atoms with Gasteiger partial charge in [-0.05, 0) is 24.6 Å². The summed E-state index contributed by atoms with van der Waals surface area (Å²) in [5, 5.41) is 9.96. The van der Waals surface area contributed by atoms with Gasteiger partial charge >= 0.3 is 0 Å². The molecular weight excluding hydrogens is 327 g/mol. The molecule has 0 radical (unpaired) electrons. The summed E-state index contributed by atoms with van der Waals surface area (Å²) in [7, 11) is 0. The van der Waals surface area contributed by atoms with Crippen LogP contribution in [0.3, 0.4) is 0 Å². The summed E-state index contributed by atoms with van der Waals surface area (Å²) in [6, 6.07) is 4.56. The van der Waals surface area contributed by atoms with Gasteiger partial charge in [0, 0.05) is 5.56 Å². The second-order valence-corrected chi connectivity index (χ2v) is 5.97. The van der Waals surface area contributed by atoms with E-state index in [2.05, 4.69) is 33.1 Å². The number of nitrogens with zero attached hydrogens (tertiary/aromatic N) is 2. The first-order valence-corrected chi connectivity index (χ1v) is 7.15. The van der Waals surface area contributed by atoms with E-state index in [1.165, 1.54) is 17.4 Å². The third-order valence-electron chi connectivity index (χ3n) is 2.23. The zero-order chi connectivity index (χ0) is 12.4. The number of halogens is 3. The van der Waals surface area contributed by atoms with Gasteiger partial charge in [0.2, 0.25) is 0 Å².